The summed E-state index contributed by atoms with van der Waals surface area (Å²) in [5.41, 5.74) is 2.41. The molecular weight excluding hydrogens is 526 g/mol. The molecule has 2 aliphatic rings. The molecule has 204 valence electrons. The fourth-order valence-electron chi connectivity index (χ4n) is 4.94. The second kappa shape index (κ2) is 12.1. The van der Waals surface area contributed by atoms with E-state index in [1.165, 1.54) is 6.07 Å². The molecule has 1 saturated heterocycles. The van der Waals surface area contributed by atoms with Gasteiger partial charge in [0.25, 0.3) is 0 Å². The van der Waals surface area contributed by atoms with Crippen molar-refractivity contribution < 1.29 is 18.3 Å². The number of carbonyl (C=O) groups is 1. The summed E-state index contributed by atoms with van der Waals surface area (Å²) >= 11 is 6.76. The molecular formula is C28H29ClF2N6O2. The topological polar surface area (TPSA) is 84.3 Å². The monoisotopic (exact) mass is 554 g/mol. The van der Waals surface area contributed by atoms with E-state index in [0.717, 1.165) is 24.6 Å². The highest BCUT2D eigenvalue weighted by Gasteiger charge is 2.35. The number of anilines is 1. The Balaban J connectivity index is 1.41. The second-order valence-electron chi connectivity index (χ2n) is 9.48. The van der Waals surface area contributed by atoms with Crippen molar-refractivity contribution in [3.05, 3.63) is 83.0 Å². The Morgan fingerprint density at radius 2 is 2.05 bits per heavy atom. The van der Waals surface area contributed by atoms with E-state index >= 15 is 0 Å². The zero-order chi connectivity index (χ0) is 27.4. The van der Waals surface area contributed by atoms with E-state index < -0.39 is 17.7 Å². The van der Waals surface area contributed by atoms with Crippen LogP contribution in [-0.4, -0.2) is 65.1 Å². The summed E-state index contributed by atoms with van der Waals surface area (Å²) in [6.45, 7) is 2.22. The minimum absolute atomic E-state index is 0.254. The number of hydrogen-bond acceptors (Lipinski definition) is 5. The minimum Gasteiger partial charge on any atom is -0.383 e. The molecule has 1 aromatic carbocycles. The Labute approximate surface area is 230 Å². The van der Waals surface area contributed by atoms with Crippen molar-refractivity contribution in [3.8, 4) is 11.4 Å². The number of likely N-dealkylation sites (tertiary alicyclic amines) is 1. The van der Waals surface area contributed by atoms with E-state index in [1.54, 1.807) is 36.2 Å². The Hall–Kier alpha value is -3.60. The van der Waals surface area contributed by atoms with Crippen molar-refractivity contribution >= 4 is 29.1 Å². The molecule has 2 atom stereocenters. The normalized spacial score (nSPS) is 19.2. The largest absolute Gasteiger partial charge is 0.383 e. The molecule has 39 heavy (non-hydrogen) atoms. The van der Waals surface area contributed by atoms with Crippen molar-refractivity contribution in [1.82, 2.24) is 25.0 Å². The molecule has 1 aliphatic carbocycles. The molecule has 0 saturated carbocycles. The first-order chi connectivity index (χ1) is 18.9. The first kappa shape index (κ1) is 27.0. The predicted octanol–water partition coefficient (Wildman–Crippen LogP) is 5.30. The first-order valence-electron chi connectivity index (χ1n) is 12.8. The average molecular weight is 555 g/mol. The number of nitrogens with one attached hydrogen (secondary N) is 2. The van der Waals surface area contributed by atoms with Crippen LogP contribution in [0.2, 0.25) is 5.02 Å². The third-order valence-electron chi connectivity index (χ3n) is 6.88. The van der Waals surface area contributed by atoms with Gasteiger partial charge < -0.3 is 10.1 Å². The second-order valence-corrected chi connectivity index (χ2v) is 9.86. The van der Waals surface area contributed by atoms with Gasteiger partial charge in [-0.3, -0.25) is 15.2 Å². The van der Waals surface area contributed by atoms with E-state index in [2.05, 4.69) is 25.6 Å². The van der Waals surface area contributed by atoms with Gasteiger partial charge in [0.05, 0.1) is 24.0 Å². The van der Waals surface area contributed by atoms with Gasteiger partial charge in [0.15, 0.2) is 17.5 Å². The van der Waals surface area contributed by atoms with Gasteiger partial charge in [-0.05, 0) is 48.7 Å². The molecule has 5 rings (SSSR count). The molecule has 1 fully saturated rings. The van der Waals surface area contributed by atoms with Crippen LogP contribution >= 0.6 is 11.6 Å². The van der Waals surface area contributed by atoms with Crippen LogP contribution in [0.15, 0.2) is 60.8 Å². The van der Waals surface area contributed by atoms with Crippen molar-refractivity contribution in [3.63, 3.8) is 0 Å². The van der Waals surface area contributed by atoms with Crippen LogP contribution in [0.5, 0.6) is 0 Å². The smallest absolute Gasteiger partial charge is 0.320 e. The number of hydrogen-bond donors (Lipinski definition) is 2. The quantitative estimate of drug-likeness (QED) is 0.394. The maximum Gasteiger partial charge on any atom is 0.320 e. The number of methoxy groups -OCH3 is 1. The number of benzene rings is 1. The van der Waals surface area contributed by atoms with Gasteiger partial charge in [-0.2, -0.15) is 5.10 Å². The van der Waals surface area contributed by atoms with E-state index in [9.17, 15) is 13.6 Å². The van der Waals surface area contributed by atoms with Gasteiger partial charge in [-0.1, -0.05) is 35.9 Å². The molecule has 2 N–H and O–H groups in total. The lowest BCUT2D eigenvalue weighted by atomic mass is 9.94. The fourth-order valence-corrected chi connectivity index (χ4v) is 5.21. The summed E-state index contributed by atoms with van der Waals surface area (Å²) in [7, 11) is 1.62. The van der Waals surface area contributed by atoms with Gasteiger partial charge in [0.1, 0.15) is 10.7 Å². The van der Waals surface area contributed by atoms with Crippen LogP contribution in [0.4, 0.5) is 19.4 Å². The Morgan fingerprint density at radius 1 is 1.18 bits per heavy atom. The number of aromatic nitrogens is 3. The van der Waals surface area contributed by atoms with Crippen molar-refractivity contribution in [1.29, 1.82) is 0 Å². The summed E-state index contributed by atoms with van der Waals surface area (Å²) in [6, 6.07) is 8.44. The molecule has 0 unspecified atom stereocenters. The highest BCUT2D eigenvalue weighted by molar-refractivity contribution is 6.36. The zero-order valence-electron chi connectivity index (χ0n) is 21.4. The third kappa shape index (κ3) is 6.03. The van der Waals surface area contributed by atoms with Crippen LogP contribution in [0, 0.1) is 11.6 Å². The maximum absolute atomic E-state index is 14.1. The number of allylic oxidation sites excluding steroid dienone is 4. The molecule has 8 nitrogen and oxygen atoms in total. The number of rotatable bonds is 8. The van der Waals surface area contributed by atoms with E-state index in [0.29, 0.717) is 49.0 Å². The lowest BCUT2D eigenvalue weighted by molar-refractivity contribution is 0.159. The molecule has 3 heterocycles. The van der Waals surface area contributed by atoms with Crippen molar-refractivity contribution in [2.45, 2.75) is 24.8 Å². The molecule has 1 aliphatic heterocycles. The van der Waals surface area contributed by atoms with Crippen LogP contribution in [-0.2, 0) is 4.74 Å². The Morgan fingerprint density at radius 3 is 2.77 bits per heavy atom. The summed E-state index contributed by atoms with van der Waals surface area (Å²) in [6.07, 6.45) is 9.40. The summed E-state index contributed by atoms with van der Waals surface area (Å²) in [4.78, 5) is 19.8. The minimum atomic E-state index is -0.919. The summed E-state index contributed by atoms with van der Waals surface area (Å²) < 4.78 is 34.5. The van der Waals surface area contributed by atoms with Gasteiger partial charge in [-0.25, -0.2) is 18.3 Å². The molecule has 2 aromatic heterocycles. The van der Waals surface area contributed by atoms with Crippen LogP contribution < -0.4 is 10.6 Å². The van der Waals surface area contributed by atoms with Crippen LogP contribution in [0.3, 0.4) is 0 Å². The van der Waals surface area contributed by atoms with E-state index in [4.69, 9.17) is 16.3 Å². The van der Waals surface area contributed by atoms with Crippen molar-refractivity contribution in [2.24, 2.45) is 0 Å². The molecule has 0 radical (unpaired) electrons. The first-order valence-corrected chi connectivity index (χ1v) is 13.1. The number of halogens is 3. The highest BCUT2D eigenvalue weighted by Crippen LogP contribution is 2.35. The summed E-state index contributed by atoms with van der Waals surface area (Å²) in [5.74, 6) is -1.77. The van der Waals surface area contributed by atoms with Crippen LogP contribution in [0.1, 0.15) is 24.3 Å². The number of nitrogens with zero attached hydrogens (tertiary/aromatic N) is 4. The predicted molar refractivity (Wildman–Crippen MR) is 146 cm³/mol. The average Bonchev–Trinajstić information content (AvgIpc) is 3.50. The molecule has 0 bridgehead atoms. The standard InChI is InChI=1S/C28H29ClF2N6O2/c1-39-14-13-36-16-20(18-10-11-21(30)22(31)15-18)24(17-36)33-28(38)34-27-25(29)26(23-9-5-6-12-32-23)35-37(27)19-7-3-2-4-8-19/h3,5-12,15,20,24H,2,4,13-14,16-17H2,1H3,(H2,33,34,38)/t20-,24+/m0/s1. The lowest BCUT2D eigenvalue weighted by Crippen LogP contribution is -2.42. The van der Waals surface area contributed by atoms with E-state index in [-0.39, 0.29) is 17.0 Å². The zero-order valence-corrected chi connectivity index (χ0v) is 22.2. The van der Waals surface area contributed by atoms with Gasteiger partial charge in [0.2, 0.25) is 0 Å². The fraction of sp³-hybridized carbons (Fsp3) is 0.321. The van der Waals surface area contributed by atoms with Crippen LogP contribution in [0.25, 0.3) is 17.1 Å². The van der Waals surface area contributed by atoms with Gasteiger partial charge in [-0.15, -0.1) is 0 Å². The number of pyridine rings is 1. The highest BCUT2D eigenvalue weighted by atomic mass is 35.5. The molecule has 0 spiro atoms. The lowest BCUT2D eigenvalue weighted by Gasteiger charge is -2.21. The van der Waals surface area contributed by atoms with Gasteiger partial charge >= 0.3 is 6.03 Å². The molecule has 11 heteroatoms. The molecule has 2 amide bonds. The number of ether oxygens (including phenoxy) is 1. The summed E-state index contributed by atoms with van der Waals surface area (Å²) in [5, 5.41) is 10.8. The Kier molecular flexibility index (Phi) is 8.35. The maximum atomic E-state index is 14.1. The van der Waals surface area contributed by atoms with Gasteiger partial charge in [0, 0.05) is 38.9 Å². The SMILES string of the molecule is COCCN1C[C@@H](NC(=O)Nc2c(Cl)c(-c3ccccn3)nn2C2=CCCC=C2)[C@H](c2ccc(F)c(F)c2)C1. The van der Waals surface area contributed by atoms with E-state index in [1.807, 2.05) is 24.3 Å². The number of carbonyl (C=O) groups excluding carboxylic acids is 1. The Bertz CT molecular complexity index is 1390. The molecule has 3 aromatic rings. The third-order valence-corrected chi connectivity index (χ3v) is 7.24. The number of amides is 2. The van der Waals surface area contributed by atoms with Crippen molar-refractivity contribution in [2.75, 3.05) is 38.7 Å². The number of urea groups is 1.